The van der Waals surface area contributed by atoms with Crippen LogP contribution < -0.4 is 35.8 Å². The second-order valence-electron chi connectivity index (χ2n) is 22.2. The van der Waals surface area contributed by atoms with Gasteiger partial charge in [0.2, 0.25) is 0 Å². The highest BCUT2D eigenvalue weighted by Crippen LogP contribution is 2.51. The van der Waals surface area contributed by atoms with Gasteiger partial charge >= 0.3 is 0 Å². The predicted octanol–water partition coefficient (Wildman–Crippen LogP) is 17.2. The number of thiophene rings is 1. The lowest BCUT2D eigenvalue weighted by Gasteiger charge is -2.42. The van der Waals surface area contributed by atoms with Gasteiger partial charge in [-0.05, 0) is 157 Å². The molecule has 2 aliphatic heterocycles. The molecule has 0 saturated heterocycles. The van der Waals surface area contributed by atoms with Crippen LogP contribution in [0, 0.1) is 27.7 Å². The van der Waals surface area contributed by atoms with Gasteiger partial charge in [0.15, 0.2) is 0 Å². The average Bonchev–Trinajstić information content (AvgIpc) is 3.74. The van der Waals surface area contributed by atoms with Gasteiger partial charge in [-0.15, -0.1) is 11.3 Å². The van der Waals surface area contributed by atoms with Crippen LogP contribution in [0.1, 0.15) is 74.9 Å². The summed E-state index contributed by atoms with van der Waals surface area (Å²) in [5.74, 6) is 1.79. The zero-order chi connectivity index (χ0) is 49.8. The first-order valence-electron chi connectivity index (χ1n) is 25.3. The monoisotopic (exact) mass is 953 g/mol. The Morgan fingerprint density at radius 1 is 0.444 bits per heavy atom. The van der Waals surface area contributed by atoms with Crippen molar-refractivity contribution in [3.63, 3.8) is 0 Å². The molecule has 72 heavy (non-hydrogen) atoms. The molecule has 0 atom stereocenters. The predicted molar refractivity (Wildman–Crippen MR) is 311 cm³/mol. The smallest absolute Gasteiger partial charge is 0.256 e. The number of anilines is 9. The summed E-state index contributed by atoms with van der Waals surface area (Å²) >= 11 is 1.87. The van der Waals surface area contributed by atoms with Crippen LogP contribution in [0.25, 0.3) is 20.2 Å². The second-order valence-corrected chi connectivity index (χ2v) is 23.3. The summed E-state index contributed by atoms with van der Waals surface area (Å²) in [4.78, 5) is 7.37. The maximum atomic E-state index is 7.41. The molecule has 0 bridgehead atoms. The number of hydrogen-bond acceptors (Lipinski definition) is 5. The number of fused-ring (bicyclic) bond motifs is 7. The number of nitrogens with zero attached hydrogens (tertiary/aromatic N) is 3. The van der Waals surface area contributed by atoms with E-state index in [2.05, 4.69) is 266 Å². The zero-order valence-electron chi connectivity index (χ0n) is 43.1. The first-order chi connectivity index (χ1) is 34.6. The Labute approximate surface area is 429 Å². The third-order valence-electron chi connectivity index (χ3n) is 14.9. The second kappa shape index (κ2) is 17.1. The minimum absolute atomic E-state index is 0.0771. The summed E-state index contributed by atoms with van der Waals surface area (Å²) < 4.78 is 9.92. The molecule has 354 valence electrons. The lowest BCUT2D eigenvalue weighted by molar-refractivity contribution is 0.483. The van der Waals surface area contributed by atoms with Crippen molar-refractivity contribution in [1.82, 2.24) is 0 Å². The molecule has 3 heterocycles. The summed E-state index contributed by atoms with van der Waals surface area (Å²) in [5.41, 5.74) is 20.9. The van der Waals surface area contributed by atoms with E-state index in [1.165, 1.54) is 75.6 Å². The van der Waals surface area contributed by atoms with Crippen molar-refractivity contribution in [3.05, 3.63) is 215 Å². The Bertz CT molecular complexity index is 3640. The number of benzene rings is 9. The van der Waals surface area contributed by atoms with Crippen LogP contribution in [0.2, 0.25) is 0 Å². The van der Waals surface area contributed by atoms with Gasteiger partial charge in [0.1, 0.15) is 11.5 Å². The number of aryl methyl sites for hydroxylation is 4. The first-order valence-corrected chi connectivity index (χ1v) is 26.2. The largest absolute Gasteiger partial charge is 0.458 e. The molecule has 0 spiro atoms. The zero-order valence-corrected chi connectivity index (χ0v) is 43.9. The summed E-state index contributed by atoms with van der Waals surface area (Å²) in [7, 11) is 0. The summed E-state index contributed by atoms with van der Waals surface area (Å²) in [6.07, 6.45) is 0. The van der Waals surface area contributed by atoms with E-state index < -0.39 is 0 Å². The highest BCUT2D eigenvalue weighted by atomic mass is 32.1. The van der Waals surface area contributed by atoms with Crippen LogP contribution in [0.4, 0.5) is 51.2 Å². The Hall–Kier alpha value is -7.54. The molecule has 6 heteroatoms. The molecule has 0 amide bonds. The molecular formula is C66H60BN3OS. The van der Waals surface area contributed by atoms with Gasteiger partial charge in [-0.3, -0.25) is 0 Å². The lowest BCUT2D eigenvalue weighted by Crippen LogP contribution is -2.59. The maximum Gasteiger partial charge on any atom is 0.256 e. The van der Waals surface area contributed by atoms with Gasteiger partial charge in [-0.25, -0.2) is 0 Å². The minimum Gasteiger partial charge on any atom is -0.458 e. The van der Waals surface area contributed by atoms with Crippen LogP contribution in [-0.2, 0) is 10.8 Å². The third-order valence-corrected chi connectivity index (χ3v) is 16.0. The minimum atomic E-state index is -0.170. The summed E-state index contributed by atoms with van der Waals surface area (Å²) in [6.45, 7) is 22.5. The maximum absolute atomic E-state index is 7.41. The van der Waals surface area contributed by atoms with Crippen molar-refractivity contribution < 1.29 is 4.74 Å². The van der Waals surface area contributed by atoms with E-state index in [-0.39, 0.29) is 17.5 Å². The molecule has 0 radical (unpaired) electrons. The van der Waals surface area contributed by atoms with E-state index in [1.54, 1.807) is 0 Å². The van der Waals surface area contributed by atoms with Gasteiger partial charge in [0.25, 0.3) is 6.71 Å². The van der Waals surface area contributed by atoms with Crippen LogP contribution in [-0.4, -0.2) is 6.71 Å². The fourth-order valence-corrected chi connectivity index (χ4v) is 12.0. The summed E-state index contributed by atoms with van der Waals surface area (Å²) in [6, 6.07) is 68.3. The molecule has 0 aliphatic carbocycles. The molecule has 0 unspecified atom stereocenters. The van der Waals surface area contributed by atoms with Crippen LogP contribution in [0.3, 0.4) is 0 Å². The van der Waals surface area contributed by atoms with Gasteiger partial charge in [0, 0.05) is 71.7 Å². The van der Waals surface area contributed by atoms with Crippen molar-refractivity contribution in [2.75, 3.05) is 14.7 Å². The number of rotatable bonds is 7. The normalized spacial score (nSPS) is 12.9. The molecule has 2 aliphatic rings. The van der Waals surface area contributed by atoms with E-state index in [0.717, 1.165) is 57.0 Å². The summed E-state index contributed by atoms with van der Waals surface area (Å²) in [5, 5.41) is 2.51. The van der Waals surface area contributed by atoms with Gasteiger partial charge in [-0.1, -0.05) is 149 Å². The Morgan fingerprint density at radius 2 is 0.986 bits per heavy atom. The van der Waals surface area contributed by atoms with Gasteiger partial charge < -0.3 is 19.4 Å². The average molecular weight is 954 g/mol. The fraction of sp³-hybridized carbons (Fsp3) is 0.182. The molecule has 0 saturated carbocycles. The van der Waals surface area contributed by atoms with Crippen LogP contribution >= 0.6 is 11.3 Å². The molecule has 12 rings (SSSR count). The first kappa shape index (κ1) is 45.6. The highest BCUT2D eigenvalue weighted by molar-refractivity contribution is 7.26. The van der Waals surface area contributed by atoms with Crippen molar-refractivity contribution in [3.8, 4) is 11.5 Å². The Kier molecular flexibility index (Phi) is 10.8. The van der Waals surface area contributed by atoms with E-state index in [0.29, 0.717) is 0 Å². The molecule has 9 aromatic carbocycles. The molecular weight excluding hydrogens is 894 g/mol. The van der Waals surface area contributed by atoms with Crippen molar-refractivity contribution in [1.29, 1.82) is 0 Å². The van der Waals surface area contributed by atoms with Crippen molar-refractivity contribution in [2.24, 2.45) is 0 Å². The Balaban J connectivity index is 1.12. The van der Waals surface area contributed by atoms with E-state index in [4.69, 9.17) is 4.74 Å². The molecule has 10 aromatic rings. The van der Waals surface area contributed by atoms with Gasteiger partial charge in [0.05, 0.1) is 5.69 Å². The standard InChI is InChI=1S/C66H60BN3OS/c1-41-15-24-47(25-16-41)68(48-26-17-42(2)18-27-48)51-32-33-54-59(39-51)71-60-37-46(66(8,9)10)36-58-64(60)67(54)55-35-45(65(5,6)7)23-34-56(55)70(58)52-38-57(63-53-13-11-12-14-61(53)72-62(63)40-52)69(49-28-19-43(3)20-29-49)50-30-21-44(4)22-31-50/h11-40H,1-10H3. The molecule has 0 fully saturated rings. The highest BCUT2D eigenvalue weighted by Gasteiger charge is 2.44. The van der Waals surface area contributed by atoms with E-state index in [1.807, 2.05) is 11.3 Å². The fourth-order valence-electron chi connectivity index (χ4n) is 10.8. The molecule has 1 aromatic heterocycles. The SMILES string of the molecule is Cc1ccc(N(c2ccc(C)cc2)c2ccc3c(c2)Oc2cc(C(C)(C)C)cc4c2B3c2cc(C(C)(C)C)ccc2N4c2cc(N(c3ccc(C)cc3)c3ccc(C)cc3)c3c(c2)sc2ccccc23)cc1. The number of ether oxygens (including phenoxy) is 1. The quantitative estimate of drug-likeness (QED) is 0.148. The lowest BCUT2D eigenvalue weighted by atomic mass is 9.34. The third kappa shape index (κ3) is 7.84. The molecule has 0 N–H and O–H groups in total. The van der Waals surface area contributed by atoms with Crippen LogP contribution in [0.15, 0.2) is 182 Å². The van der Waals surface area contributed by atoms with Crippen molar-refractivity contribution in [2.45, 2.75) is 80.1 Å². The van der Waals surface area contributed by atoms with Crippen molar-refractivity contribution >= 4 is 106 Å². The number of hydrogen-bond donors (Lipinski definition) is 0. The van der Waals surface area contributed by atoms with E-state index in [9.17, 15) is 0 Å². The van der Waals surface area contributed by atoms with E-state index >= 15 is 0 Å². The van der Waals surface area contributed by atoms with Crippen LogP contribution in [0.5, 0.6) is 11.5 Å². The molecule has 4 nitrogen and oxygen atoms in total. The van der Waals surface area contributed by atoms with Gasteiger partial charge in [-0.2, -0.15) is 0 Å². The topological polar surface area (TPSA) is 19.0 Å². The Morgan fingerprint density at radius 3 is 1.56 bits per heavy atom.